The normalized spacial score (nSPS) is 25.3. The number of amides is 2. The van der Waals surface area contributed by atoms with Crippen LogP contribution in [0.15, 0.2) is 24.3 Å². The zero-order valence-corrected chi connectivity index (χ0v) is 14.8. The smallest absolute Gasteiger partial charge is 0.321 e. The quantitative estimate of drug-likeness (QED) is 0.900. The van der Waals surface area contributed by atoms with Crippen molar-refractivity contribution in [3.05, 3.63) is 24.3 Å². The molecule has 1 aromatic rings. The Morgan fingerprint density at radius 1 is 1.20 bits per heavy atom. The maximum absolute atomic E-state index is 12.8. The van der Waals surface area contributed by atoms with E-state index in [9.17, 15) is 4.79 Å². The van der Waals surface area contributed by atoms with E-state index in [1.807, 2.05) is 29.2 Å². The molecule has 1 saturated carbocycles. The highest BCUT2D eigenvalue weighted by molar-refractivity contribution is 5.91. The standard InChI is InChI=1S/C20H28N2O3/c23-19(22-12-11-20(15-22)9-4-1-5-10-20)21-17-6-2-3-7-18(17)25-16-8-13-24-14-16/h2-3,6-7,16H,1,4-5,8-15H2,(H,21,23). The number of nitrogens with one attached hydrogen (secondary N) is 1. The SMILES string of the molecule is O=C(Nc1ccccc1OC1CCOC1)N1CCC2(CCCCC2)C1. The lowest BCUT2D eigenvalue weighted by atomic mass is 9.73. The largest absolute Gasteiger partial charge is 0.486 e. The summed E-state index contributed by atoms with van der Waals surface area (Å²) in [5.74, 6) is 0.734. The summed E-state index contributed by atoms with van der Waals surface area (Å²) >= 11 is 0. The van der Waals surface area contributed by atoms with Gasteiger partial charge in [0, 0.05) is 19.5 Å². The average molecular weight is 344 g/mol. The molecule has 0 bridgehead atoms. The molecule has 1 unspecified atom stereocenters. The van der Waals surface area contributed by atoms with Crippen LogP contribution < -0.4 is 10.1 Å². The monoisotopic (exact) mass is 344 g/mol. The van der Waals surface area contributed by atoms with Gasteiger partial charge in [0.15, 0.2) is 0 Å². The van der Waals surface area contributed by atoms with Crippen LogP contribution in [0, 0.1) is 5.41 Å². The Morgan fingerprint density at radius 3 is 2.84 bits per heavy atom. The number of hydrogen-bond donors (Lipinski definition) is 1. The second-order valence-electron chi connectivity index (χ2n) is 7.76. The van der Waals surface area contributed by atoms with Gasteiger partial charge in [-0.25, -0.2) is 4.79 Å². The van der Waals surface area contributed by atoms with E-state index in [-0.39, 0.29) is 12.1 Å². The summed E-state index contributed by atoms with van der Waals surface area (Å²) in [6, 6.07) is 7.70. The topological polar surface area (TPSA) is 50.8 Å². The first-order chi connectivity index (χ1) is 12.2. The molecule has 25 heavy (non-hydrogen) atoms. The van der Waals surface area contributed by atoms with Crippen LogP contribution in [0.1, 0.15) is 44.9 Å². The third-order valence-electron chi connectivity index (χ3n) is 5.95. The Balaban J connectivity index is 1.39. The highest BCUT2D eigenvalue weighted by Gasteiger charge is 2.40. The molecule has 4 rings (SSSR count). The Labute approximate surface area is 149 Å². The second-order valence-corrected chi connectivity index (χ2v) is 7.76. The van der Waals surface area contributed by atoms with Gasteiger partial charge in [-0.15, -0.1) is 0 Å². The minimum absolute atomic E-state index is 0.00108. The number of nitrogens with zero attached hydrogens (tertiary/aromatic N) is 1. The first-order valence-corrected chi connectivity index (χ1v) is 9.64. The van der Waals surface area contributed by atoms with Gasteiger partial charge in [0.1, 0.15) is 11.9 Å². The van der Waals surface area contributed by atoms with Crippen molar-refractivity contribution in [3.63, 3.8) is 0 Å². The summed E-state index contributed by atoms with van der Waals surface area (Å²) in [6.45, 7) is 3.13. The predicted molar refractivity (Wildman–Crippen MR) is 97.0 cm³/mol. The molecule has 3 aliphatic rings. The van der Waals surface area contributed by atoms with E-state index in [1.54, 1.807) is 0 Å². The van der Waals surface area contributed by atoms with Crippen molar-refractivity contribution in [3.8, 4) is 5.75 Å². The van der Waals surface area contributed by atoms with Crippen molar-refractivity contribution in [1.82, 2.24) is 4.90 Å². The number of likely N-dealkylation sites (tertiary alicyclic amines) is 1. The molecule has 0 aromatic heterocycles. The third-order valence-corrected chi connectivity index (χ3v) is 5.95. The fourth-order valence-corrected chi connectivity index (χ4v) is 4.47. The van der Waals surface area contributed by atoms with Crippen LogP contribution in [0.25, 0.3) is 0 Å². The molecule has 2 heterocycles. The third kappa shape index (κ3) is 3.76. The molecular formula is C20H28N2O3. The molecular weight excluding hydrogens is 316 g/mol. The molecule has 5 nitrogen and oxygen atoms in total. The Kier molecular flexibility index (Phi) is 4.84. The number of hydrogen-bond acceptors (Lipinski definition) is 3. The maximum atomic E-state index is 12.8. The first kappa shape index (κ1) is 16.7. The van der Waals surface area contributed by atoms with E-state index in [0.717, 1.165) is 44.0 Å². The van der Waals surface area contributed by atoms with E-state index in [2.05, 4.69) is 5.32 Å². The van der Waals surface area contributed by atoms with Crippen LogP contribution in [-0.4, -0.2) is 43.3 Å². The Morgan fingerprint density at radius 2 is 2.04 bits per heavy atom. The van der Waals surface area contributed by atoms with Crippen molar-refractivity contribution in [1.29, 1.82) is 0 Å². The molecule has 136 valence electrons. The molecule has 2 amide bonds. The summed E-state index contributed by atoms with van der Waals surface area (Å²) in [5, 5.41) is 3.07. The maximum Gasteiger partial charge on any atom is 0.321 e. The zero-order chi connectivity index (χ0) is 17.1. The summed E-state index contributed by atoms with van der Waals surface area (Å²) in [7, 11) is 0. The molecule has 1 spiro atoms. The molecule has 2 aliphatic heterocycles. The lowest BCUT2D eigenvalue weighted by Crippen LogP contribution is -2.36. The Hall–Kier alpha value is -1.75. The molecule has 2 saturated heterocycles. The highest BCUT2D eigenvalue weighted by atomic mass is 16.5. The predicted octanol–water partition coefficient (Wildman–Crippen LogP) is 4.04. The number of rotatable bonds is 3. The number of anilines is 1. The highest BCUT2D eigenvalue weighted by Crippen LogP contribution is 2.43. The van der Waals surface area contributed by atoms with Crippen LogP contribution in [0.4, 0.5) is 10.5 Å². The van der Waals surface area contributed by atoms with Crippen LogP contribution in [0.2, 0.25) is 0 Å². The molecule has 1 aromatic carbocycles. The summed E-state index contributed by atoms with van der Waals surface area (Å²) < 4.78 is 11.4. The number of ether oxygens (including phenoxy) is 2. The molecule has 1 N–H and O–H groups in total. The fraction of sp³-hybridized carbons (Fsp3) is 0.650. The summed E-state index contributed by atoms with van der Waals surface area (Å²) in [5.41, 5.74) is 1.14. The average Bonchev–Trinajstić information content (AvgIpc) is 3.28. The van der Waals surface area contributed by atoms with Crippen molar-refractivity contribution in [2.75, 3.05) is 31.6 Å². The summed E-state index contributed by atoms with van der Waals surface area (Å²) in [6.07, 6.45) is 8.66. The van der Waals surface area contributed by atoms with E-state index < -0.39 is 0 Å². The van der Waals surface area contributed by atoms with E-state index in [4.69, 9.17) is 9.47 Å². The van der Waals surface area contributed by atoms with Crippen LogP contribution in [0.3, 0.4) is 0 Å². The lowest BCUT2D eigenvalue weighted by Gasteiger charge is -2.33. The van der Waals surface area contributed by atoms with Crippen molar-refractivity contribution >= 4 is 11.7 Å². The molecule has 1 aliphatic carbocycles. The number of carbonyl (C=O) groups excluding carboxylic acids is 1. The molecule has 3 fully saturated rings. The number of carbonyl (C=O) groups is 1. The van der Waals surface area contributed by atoms with Gasteiger partial charge in [-0.2, -0.15) is 0 Å². The van der Waals surface area contributed by atoms with Crippen LogP contribution >= 0.6 is 0 Å². The molecule has 0 radical (unpaired) electrons. The van der Waals surface area contributed by atoms with E-state index in [1.165, 1.54) is 32.1 Å². The van der Waals surface area contributed by atoms with Gasteiger partial charge < -0.3 is 19.7 Å². The van der Waals surface area contributed by atoms with Gasteiger partial charge in [0.2, 0.25) is 0 Å². The first-order valence-electron chi connectivity index (χ1n) is 9.64. The van der Waals surface area contributed by atoms with E-state index >= 15 is 0 Å². The molecule has 1 atom stereocenters. The van der Waals surface area contributed by atoms with Crippen molar-refractivity contribution in [2.24, 2.45) is 5.41 Å². The second kappa shape index (κ2) is 7.24. The number of urea groups is 1. The van der Waals surface area contributed by atoms with E-state index in [0.29, 0.717) is 12.0 Å². The van der Waals surface area contributed by atoms with Crippen molar-refractivity contribution in [2.45, 2.75) is 51.0 Å². The van der Waals surface area contributed by atoms with Gasteiger partial charge >= 0.3 is 6.03 Å². The molecule has 5 heteroatoms. The van der Waals surface area contributed by atoms with Gasteiger partial charge in [-0.05, 0) is 36.8 Å². The lowest BCUT2D eigenvalue weighted by molar-refractivity contribution is 0.142. The van der Waals surface area contributed by atoms with Crippen LogP contribution in [-0.2, 0) is 4.74 Å². The fourth-order valence-electron chi connectivity index (χ4n) is 4.47. The minimum atomic E-state index is 0.00108. The van der Waals surface area contributed by atoms with Crippen molar-refractivity contribution < 1.29 is 14.3 Å². The minimum Gasteiger partial charge on any atom is -0.486 e. The van der Waals surface area contributed by atoms with Crippen LogP contribution in [0.5, 0.6) is 5.75 Å². The van der Waals surface area contributed by atoms with Gasteiger partial charge in [0.25, 0.3) is 0 Å². The van der Waals surface area contributed by atoms with Gasteiger partial charge in [0.05, 0.1) is 18.9 Å². The number of benzene rings is 1. The zero-order valence-electron chi connectivity index (χ0n) is 14.8. The van der Waals surface area contributed by atoms with Gasteiger partial charge in [-0.3, -0.25) is 0 Å². The van der Waals surface area contributed by atoms with Gasteiger partial charge in [-0.1, -0.05) is 31.4 Å². The Bertz CT molecular complexity index is 607. The number of para-hydroxylation sites is 2. The summed E-state index contributed by atoms with van der Waals surface area (Å²) in [4.78, 5) is 14.8.